The normalized spacial score (nSPS) is 35.9. The van der Waals surface area contributed by atoms with E-state index in [1.54, 1.807) is 0 Å². The summed E-state index contributed by atoms with van der Waals surface area (Å²) < 4.78 is 14.3. The van der Waals surface area contributed by atoms with Gasteiger partial charge in [0, 0.05) is 13.8 Å². The molecule has 1 heterocycles. The Kier molecular flexibility index (Phi) is 5.03. The Morgan fingerprint density at radius 2 is 1.67 bits per heavy atom. The van der Waals surface area contributed by atoms with E-state index >= 15 is 0 Å². The van der Waals surface area contributed by atoms with Crippen LogP contribution in [0.4, 0.5) is 0 Å². The van der Waals surface area contributed by atoms with E-state index in [1.807, 2.05) is 0 Å². The summed E-state index contributed by atoms with van der Waals surface area (Å²) in [5, 5.41) is 28.7. The largest absolute Gasteiger partial charge is 0.463 e. The molecule has 3 N–H and O–H groups in total. The van der Waals surface area contributed by atoms with E-state index < -0.39 is 42.6 Å². The van der Waals surface area contributed by atoms with Gasteiger partial charge < -0.3 is 29.5 Å². The van der Waals surface area contributed by atoms with Crippen LogP contribution >= 0.6 is 0 Å². The summed E-state index contributed by atoms with van der Waals surface area (Å²) in [4.78, 5) is 21.4. The van der Waals surface area contributed by atoms with E-state index in [9.17, 15) is 24.9 Å². The Balaban J connectivity index is 2.67. The molecule has 104 valence electrons. The number of aliphatic hydroxyl groups is 3. The molecule has 0 saturated carbocycles. The fourth-order valence-corrected chi connectivity index (χ4v) is 1.51. The van der Waals surface area contributed by atoms with Gasteiger partial charge in [-0.05, 0) is 0 Å². The van der Waals surface area contributed by atoms with Crippen LogP contribution in [0.25, 0.3) is 0 Å². The smallest absolute Gasteiger partial charge is 0.305 e. The Morgan fingerprint density at radius 1 is 1.06 bits per heavy atom. The minimum Gasteiger partial charge on any atom is -0.463 e. The molecule has 1 saturated heterocycles. The van der Waals surface area contributed by atoms with Crippen molar-refractivity contribution in [3.63, 3.8) is 0 Å². The molecule has 0 aromatic carbocycles. The zero-order chi connectivity index (χ0) is 13.9. The number of carbonyl (C=O) groups excluding carboxylic acids is 2. The Labute approximate surface area is 103 Å². The van der Waals surface area contributed by atoms with Crippen LogP contribution in [0.1, 0.15) is 13.8 Å². The van der Waals surface area contributed by atoms with E-state index in [4.69, 9.17) is 4.74 Å². The number of aliphatic hydroxyl groups excluding tert-OH is 3. The number of esters is 2. The first-order valence-electron chi connectivity index (χ1n) is 5.33. The van der Waals surface area contributed by atoms with Crippen molar-refractivity contribution < 1.29 is 39.1 Å². The third-order valence-electron chi connectivity index (χ3n) is 2.40. The lowest BCUT2D eigenvalue weighted by atomic mass is 9.99. The second-order valence-electron chi connectivity index (χ2n) is 3.93. The lowest BCUT2D eigenvalue weighted by Gasteiger charge is -2.39. The Hall–Kier alpha value is -1.22. The molecule has 2 unspecified atom stereocenters. The summed E-state index contributed by atoms with van der Waals surface area (Å²) in [5.74, 6) is -1.30. The average molecular weight is 264 g/mol. The van der Waals surface area contributed by atoms with Gasteiger partial charge in [0.1, 0.15) is 31.0 Å². The first-order valence-corrected chi connectivity index (χ1v) is 5.33. The van der Waals surface area contributed by atoms with E-state index in [0.29, 0.717) is 0 Å². The Morgan fingerprint density at radius 3 is 2.17 bits per heavy atom. The SMILES string of the molecule is CC(=O)OCC1O[C@H](OC(C)=O)C(O)[C@@H](O)[C@H]1O. The standard InChI is InChI=1S/C10H16O8/c1-4(11)16-3-6-7(13)8(14)9(15)10(18-6)17-5(2)12/h6-10,13-15H,3H2,1-2H3/t6?,7-,8-,9?,10-/m0/s1. The average Bonchev–Trinajstić information content (AvgIpc) is 2.27. The highest BCUT2D eigenvalue weighted by molar-refractivity contribution is 5.66. The first-order chi connectivity index (χ1) is 8.32. The van der Waals surface area contributed by atoms with Crippen LogP contribution in [0.3, 0.4) is 0 Å². The fourth-order valence-electron chi connectivity index (χ4n) is 1.51. The lowest BCUT2D eigenvalue weighted by molar-refractivity contribution is -0.292. The fraction of sp³-hybridized carbons (Fsp3) is 0.800. The van der Waals surface area contributed by atoms with Crippen LogP contribution in [0.5, 0.6) is 0 Å². The van der Waals surface area contributed by atoms with Gasteiger partial charge in [-0.25, -0.2) is 0 Å². The number of ether oxygens (including phenoxy) is 3. The van der Waals surface area contributed by atoms with Gasteiger partial charge in [-0.2, -0.15) is 0 Å². The summed E-state index contributed by atoms with van der Waals surface area (Å²) in [7, 11) is 0. The predicted octanol–water partition coefficient (Wildman–Crippen LogP) is -2.08. The molecule has 0 aromatic heterocycles. The maximum atomic E-state index is 10.8. The maximum Gasteiger partial charge on any atom is 0.305 e. The van der Waals surface area contributed by atoms with Crippen molar-refractivity contribution in [1.29, 1.82) is 0 Å². The van der Waals surface area contributed by atoms with Crippen LogP contribution in [0, 0.1) is 0 Å². The predicted molar refractivity (Wildman–Crippen MR) is 55.1 cm³/mol. The molecule has 1 fully saturated rings. The number of rotatable bonds is 3. The second-order valence-corrected chi connectivity index (χ2v) is 3.93. The summed E-state index contributed by atoms with van der Waals surface area (Å²) in [5.41, 5.74) is 0. The van der Waals surface area contributed by atoms with Crippen LogP contribution < -0.4 is 0 Å². The van der Waals surface area contributed by atoms with Gasteiger partial charge in [0.25, 0.3) is 0 Å². The highest BCUT2D eigenvalue weighted by Crippen LogP contribution is 2.22. The van der Waals surface area contributed by atoms with Crippen molar-refractivity contribution in [2.45, 2.75) is 44.6 Å². The van der Waals surface area contributed by atoms with Crippen LogP contribution in [-0.2, 0) is 23.8 Å². The number of hydrogen-bond donors (Lipinski definition) is 3. The summed E-state index contributed by atoms with van der Waals surface area (Å²) in [6.07, 6.45) is -7.09. The van der Waals surface area contributed by atoms with Crippen LogP contribution in [0.2, 0.25) is 0 Å². The van der Waals surface area contributed by atoms with E-state index in [2.05, 4.69) is 9.47 Å². The zero-order valence-corrected chi connectivity index (χ0v) is 9.98. The van der Waals surface area contributed by atoms with Crippen molar-refractivity contribution in [3.8, 4) is 0 Å². The molecule has 1 aliphatic rings. The summed E-state index contributed by atoms with van der Waals surface area (Å²) in [6.45, 7) is 1.96. The molecule has 0 spiro atoms. The molecular weight excluding hydrogens is 248 g/mol. The molecule has 0 aromatic rings. The van der Waals surface area contributed by atoms with Crippen LogP contribution in [0.15, 0.2) is 0 Å². The summed E-state index contributed by atoms with van der Waals surface area (Å²) >= 11 is 0. The molecular formula is C10H16O8. The van der Waals surface area contributed by atoms with Gasteiger partial charge in [-0.1, -0.05) is 0 Å². The molecule has 1 aliphatic heterocycles. The molecule has 0 amide bonds. The second kappa shape index (κ2) is 6.10. The molecule has 0 aliphatic carbocycles. The molecule has 18 heavy (non-hydrogen) atoms. The third-order valence-corrected chi connectivity index (χ3v) is 2.40. The zero-order valence-electron chi connectivity index (χ0n) is 9.98. The topological polar surface area (TPSA) is 123 Å². The monoisotopic (exact) mass is 264 g/mol. The molecule has 0 radical (unpaired) electrons. The Bertz CT molecular complexity index is 315. The highest BCUT2D eigenvalue weighted by Gasteiger charge is 2.45. The van der Waals surface area contributed by atoms with Gasteiger partial charge in [-0.15, -0.1) is 0 Å². The van der Waals surface area contributed by atoms with Crippen molar-refractivity contribution in [1.82, 2.24) is 0 Å². The van der Waals surface area contributed by atoms with Gasteiger partial charge in [0.2, 0.25) is 6.29 Å². The molecule has 0 bridgehead atoms. The van der Waals surface area contributed by atoms with E-state index in [-0.39, 0.29) is 6.61 Å². The lowest BCUT2D eigenvalue weighted by Crippen LogP contribution is -2.59. The van der Waals surface area contributed by atoms with E-state index in [0.717, 1.165) is 6.92 Å². The molecule has 8 nitrogen and oxygen atoms in total. The first kappa shape index (κ1) is 14.8. The highest BCUT2D eigenvalue weighted by atomic mass is 16.7. The van der Waals surface area contributed by atoms with Gasteiger partial charge >= 0.3 is 11.9 Å². The maximum absolute atomic E-state index is 10.8. The minimum absolute atomic E-state index is 0.321. The quantitative estimate of drug-likeness (QED) is 0.496. The molecule has 5 atom stereocenters. The van der Waals surface area contributed by atoms with Gasteiger partial charge in [0.15, 0.2) is 0 Å². The van der Waals surface area contributed by atoms with Crippen molar-refractivity contribution >= 4 is 11.9 Å². The van der Waals surface area contributed by atoms with Crippen LogP contribution in [-0.4, -0.2) is 64.6 Å². The molecule has 1 rings (SSSR count). The minimum atomic E-state index is -1.57. The van der Waals surface area contributed by atoms with Crippen molar-refractivity contribution in [2.24, 2.45) is 0 Å². The number of hydrogen-bond acceptors (Lipinski definition) is 8. The van der Waals surface area contributed by atoms with Crippen molar-refractivity contribution in [2.75, 3.05) is 6.61 Å². The summed E-state index contributed by atoms with van der Waals surface area (Å²) in [6, 6.07) is 0. The van der Waals surface area contributed by atoms with Gasteiger partial charge in [-0.3, -0.25) is 9.59 Å². The molecule has 8 heteroatoms. The number of carbonyl (C=O) groups is 2. The van der Waals surface area contributed by atoms with E-state index in [1.165, 1.54) is 6.92 Å². The third kappa shape index (κ3) is 3.64. The van der Waals surface area contributed by atoms with Gasteiger partial charge in [0.05, 0.1) is 0 Å². The van der Waals surface area contributed by atoms with Crippen molar-refractivity contribution in [3.05, 3.63) is 0 Å².